The van der Waals surface area contributed by atoms with Gasteiger partial charge < -0.3 is 20.3 Å². The van der Waals surface area contributed by atoms with Gasteiger partial charge in [-0.1, -0.05) is 30.3 Å². The molecule has 0 fully saturated rings. The molecule has 0 aromatic heterocycles. The molecule has 0 atom stereocenters. The Morgan fingerprint density at radius 1 is 1.00 bits per heavy atom. The minimum atomic E-state index is -1.28. The van der Waals surface area contributed by atoms with E-state index < -0.39 is 11.9 Å². The second kappa shape index (κ2) is 9.28. The number of carbonyl (C=O) groups is 2. The lowest BCUT2D eigenvalue weighted by atomic mass is 10.1. The second-order valence-corrected chi connectivity index (χ2v) is 7.22. The lowest BCUT2D eigenvalue weighted by Gasteiger charge is -2.10. The number of hydrogen-bond donors (Lipinski definition) is 3. The molecular weight excluding hydrogens is 450 g/mol. The van der Waals surface area contributed by atoms with Crippen molar-refractivity contribution in [3.63, 3.8) is 0 Å². The lowest BCUT2D eigenvalue weighted by molar-refractivity contribution is -0.132. The quantitative estimate of drug-likeness (QED) is 0.437. The van der Waals surface area contributed by atoms with Crippen molar-refractivity contribution in [2.24, 2.45) is 0 Å². The normalized spacial score (nSPS) is 11.1. The molecule has 3 aromatic carbocycles. The third-order valence-electron chi connectivity index (χ3n) is 4.28. The van der Waals surface area contributed by atoms with Gasteiger partial charge >= 0.3 is 5.97 Å². The number of carboxylic acids is 1. The summed E-state index contributed by atoms with van der Waals surface area (Å²) < 4.78 is 6.60. The fourth-order valence-electron chi connectivity index (χ4n) is 2.66. The Balaban J connectivity index is 1.78. The van der Waals surface area contributed by atoms with Crippen LogP contribution in [-0.2, 0) is 4.79 Å². The van der Waals surface area contributed by atoms with Gasteiger partial charge in [-0.05, 0) is 70.9 Å². The first-order chi connectivity index (χ1) is 14.3. The Kier molecular flexibility index (Phi) is 6.54. The molecule has 0 bridgehead atoms. The average Bonchev–Trinajstić information content (AvgIpc) is 2.72. The Hall–Kier alpha value is -3.58. The molecule has 0 heterocycles. The molecule has 0 saturated heterocycles. The number of aromatic hydroxyl groups is 1. The zero-order valence-corrected chi connectivity index (χ0v) is 17.5. The number of phenols is 1. The van der Waals surface area contributed by atoms with Crippen LogP contribution in [0.5, 0.6) is 17.2 Å². The number of nitrogens with one attached hydrogen (secondary N) is 1. The minimum Gasteiger partial charge on any atom is -0.508 e. The number of rotatable bonds is 6. The fraction of sp³-hybridized carbons (Fsp3) is 0.0435. The van der Waals surface area contributed by atoms with E-state index in [2.05, 4.69) is 21.2 Å². The number of ether oxygens (including phenoxy) is 1. The number of phenolic OH excluding ortho intramolecular Hbond substituents is 1. The van der Waals surface area contributed by atoms with Crippen molar-refractivity contribution >= 4 is 33.9 Å². The van der Waals surface area contributed by atoms with E-state index in [4.69, 9.17) is 4.74 Å². The van der Waals surface area contributed by atoms with Crippen LogP contribution in [0.3, 0.4) is 0 Å². The van der Waals surface area contributed by atoms with Crippen LogP contribution in [0.4, 0.5) is 0 Å². The topological polar surface area (TPSA) is 95.9 Å². The summed E-state index contributed by atoms with van der Waals surface area (Å²) in [6.07, 6.45) is 1.35. The molecule has 30 heavy (non-hydrogen) atoms. The molecule has 0 aliphatic heterocycles. The van der Waals surface area contributed by atoms with Crippen molar-refractivity contribution in [1.82, 2.24) is 5.32 Å². The molecule has 0 saturated carbocycles. The molecule has 6 nitrogen and oxygen atoms in total. The first-order valence-electron chi connectivity index (χ1n) is 8.92. The second-order valence-electron chi connectivity index (χ2n) is 6.37. The monoisotopic (exact) mass is 467 g/mol. The van der Waals surface area contributed by atoms with Crippen LogP contribution in [0.15, 0.2) is 76.9 Å². The van der Waals surface area contributed by atoms with Crippen LogP contribution in [0, 0.1) is 6.92 Å². The number of amides is 1. The van der Waals surface area contributed by atoms with E-state index >= 15 is 0 Å². The zero-order valence-electron chi connectivity index (χ0n) is 15.9. The molecule has 3 rings (SSSR count). The third kappa shape index (κ3) is 5.07. The number of halogens is 1. The number of carbonyl (C=O) groups excluding carboxylic acids is 1. The molecule has 0 aliphatic rings. The summed E-state index contributed by atoms with van der Waals surface area (Å²) in [7, 11) is 0. The molecule has 3 aromatic rings. The van der Waals surface area contributed by atoms with Crippen molar-refractivity contribution in [3.8, 4) is 17.2 Å². The molecule has 7 heteroatoms. The Morgan fingerprint density at radius 3 is 2.37 bits per heavy atom. The van der Waals surface area contributed by atoms with Crippen LogP contribution in [0.25, 0.3) is 6.08 Å². The molecule has 0 aliphatic carbocycles. The van der Waals surface area contributed by atoms with E-state index in [-0.39, 0.29) is 17.0 Å². The molecule has 0 spiro atoms. The smallest absolute Gasteiger partial charge is 0.352 e. The number of benzene rings is 3. The van der Waals surface area contributed by atoms with E-state index in [9.17, 15) is 19.8 Å². The van der Waals surface area contributed by atoms with Crippen molar-refractivity contribution in [3.05, 3.63) is 93.6 Å². The SMILES string of the molecule is Cc1c(O)cccc1C(=O)NC(=Cc1ccc(Oc2ccccc2Br)cc1)C(=O)O. The summed E-state index contributed by atoms with van der Waals surface area (Å²) in [5.41, 5.74) is 0.842. The Labute approximate surface area is 181 Å². The highest BCUT2D eigenvalue weighted by molar-refractivity contribution is 9.10. The summed E-state index contributed by atoms with van der Waals surface area (Å²) >= 11 is 3.41. The van der Waals surface area contributed by atoms with Gasteiger partial charge in [-0.2, -0.15) is 0 Å². The van der Waals surface area contributed by atoms with Crippen molar-refractivity contribution in [1.29, 1.82) is 0 Å². The predicted octanol–water partition coefficient (Wildman–Crippen LogP) is 5.11. The van der Waals surface area contributed by atoms with Gasteiger partial charge in [0, 0.05) is 11.1 Å². The van der Waals surface area contributed by atoms with Gasteiger partial charge in [0.15, 0.2) is 0 Å². The largest absolute Gasteiger partial charge is 0.508 e. The molecule has 0 radical (unpaired) electrons. The van der Waals surface area contributed by atoms with E-state index in [1.165, 1.54) is 24.3 Å². The summed E-state index contributed by atoms with van der Waals surface area (Å²) in [4.78, 5) is 24.1. The van der Waals surface area contributed by atoms with Gasteiger partial charge in [0.25, 0.3) is 5.91 Å². The van der Waals surface area contributed by atoms with Crippen LogP contribution in [0.1, 0.15) is 21.5 Å². The van der Waals surface area contributed by atoms with Gasteiger partial charge in [0.05, 0.1) is 4.47 Å². The highest BCUT2D eigenvalue weighted by Gasteiger charge is 2.16. The fourth-order valence-corrected chi connectivity index (χ4v) is 3.03. The van der Waals surface area contributed by atoms with Crippen molar-refractivity contribution < 1.29 is 24.5 Å². The van der Waals surface area contributed by atoms with Crippen LogP contribution < -0.4 is 10.1 Å². The number of hydrogen-bond acceptors (Lipinski definition) is 4. The number of aliphatic carboxylic acids is 1. The highest BCUT2D eigenvalue weighted by Crippen LogP contribution is 2.29. The molecule has 152 valence electrons. The van der Waals surface area contributed by atoms with Crippen LogP contribution >= 0.6 is 15.9 Å². The van der Waals surface area contributed by atoms with E-state index in [0.717, 1.165) is 4.47 Å². The number of para-hydroxylation sites is 1. The molecule has 0 unspecified atom stereocenters. The highest BCUT2D eigenvalue weighted by atomic mass is 79.9. The first-order valence-corrected chi connectivity index (χ1v) is 9.72. The molecule has 1 amide bonds. The third-order valence-corrected chi connectivity index (χ3v) is 4.94. The molecular formula is C23H18BrNO5. The van der Waals surface area contributed by atoms with E-state index in [1.54, 1.807) is 31.2 Å². The lowest BCUT2D eigenvalue weighted by Crippen LogP contribution is -2.27. The van der Waals surface area contributed by atoms with Gasteiger partial charge in [-0.25, -0.2) is 4.79 Å². The summed E-state index contributed by atoms with van der Waals surface area (Å²) in [5.74, 6) is -0.708. The first kappa shape index (κ1) is 21.1. The summed E-state index contributed by atoms with van der Waals surface area (Å²) in [6.45, 7) is 1.58. The van der Waals surface area contributed by atoms with Gasteiger partial charge in [0.1, 0.15) is 22.9 Å². The predicted molar refractivity (Wildman–Crippen MR) is 117 cm³/mol. The maximum absolute atomic E-state index is 12.5. The van der Waals surface area contributed by atoms with Crippen molar-refractivity contribution in [2.75, 3.05) is 0 Å². The summed E-state index contributed by atoms with van der Waals surface area (Å²) in [6, 6.07) is 18.7. The van der Waals surface area contributed by atoms with Crippen LogP contribution in [-0.4, -0.2) is 22.1 Å². The Bertz CT molecular complexity index is 1120. The van der Waals surface area contributed by atoms with E-state index in [1.807, 2.05) is 24.3 Å². The molecule has 3 N–H and O–H groups in total. The average molecular weight is 468 g/mol. The zero-order chi connectivity index (χ0) is 21.7. The minimum absolute atomic E-state index is 0.0378. The number of carboxylic acid groups (broad SMARTS) is 1. The maximum Gasteiger partial charge on any atom is 0.352 e. The van der Waals surface area contributed by atoms with E-state index in [0.29, 0.717) is 22.6 Å². The van der Waals surface area contributed by atoms with Gasteiger partial charge in [-0.3, -0.25) is 4.79 Å². The van der Waals surface area contributed by atoms with Gasteiger partial charge in [-0.15, -0.1) is 0 Å². The standard InChI is InChI=1S/C23H18BrNO5/c1-14-17(5-4-7-20(14)26)22(27)25-19(23(28)29)13-15-9-11-16(12-10-15)30-21-8-3-2-6-18(21)24/h2-13,26H,1H3,(H,25,27)(H,28,29). The van der Waals surface area contributed by atoms with Crippen molar-refractivity contribution in [2.45, 2.75) is 6.92 Å². The van der Waals surface area contributed by atoms with Crippen LogP contribution in [0.2, 0.25) is 0 Å². The Morgan fingerprint density at radius 2 is 1.70 bits per heavy atom. The van der Waals surface area contributed by atoms with Gasteiger partial charge in [0.2, 0.25) is 0 Å². The maximum atomic E-state index is 12.5. The summed E-state index contributed by atoms with van der Waals surface area (Å²) in [5, 5.41) is 21.6.